The van der Waals surface area contributed by atoms with Crippen molar-refractivity contribution in [2.24, 2.45) is 11.1 Å². The van der Waals surface area contributed by atoms with Gasteiger partial charge in [0.15, 0.2) is 17.1 Å². The zero-order valence-corrected chi connectivity index (χ0v) is 15.8. The lowest BCUT2D eigenvalue weighted by atomic mass is 10.1. The minimum Gasteiger partial charge on any atom is -0.443 e. The van der Waals surface area contributed by atoms with Crippen molar-refractivity contribution in [1.82, 2.24) is 4.90 Å². The van der Waals surface area contributed by atoms with Gasteiger partial charge in [0.25, 0.3) is 0 Å². The predicted octanol–water partition coefficient (Wildman–Crippen LogP) is 4.50. The fraction of sp³-hybridized carbons (Fsp3) is 0.400. The lowest BCUT2D eigenvalue weighted by Crippen LogP contribution is -2.37. The van der Waals surface area contributed by atoms with E-state index in [-0.39, 0.29) is 12.0 Å². The molecule has 1 amide bonds. The molecule has 1 aliphatic rings. The van der Waals surface area contributed by atoms with Crippen LogP contribution in [0.15, 0.2) is 52.0 Å². The number of hydrogen-bond acceptors (Lipinski definition) is 4. The van der Waals surface area contributed by atoms with Gasteiger partial charge in [0, 0.05) is 19.4 Å². The Balaban J connectivity index is 1.65. The van der Waals surface area contributed by atoms with Crippen molar-refractivity contribution in [2.45, 2.75) is 39.3 Å². The number of amides is 1. The fourth-order valence-electron chi connectivity index (χ4n) is 2.92. The molecule has 0 bridgehead atoms. The maximum absolute atomic E-state index is 12.7. The van der Waals surface area contributed by atoms with Crippen molar-refractivity contribution >= 4 is 23.2 Å². The van der Waals surface area contributed by atoms with E-state index in [0.29, 0.717) is 42.8 Å². The summed E-state index contributed by atoms with van der Waals surface area (Å²) in [4.78, 5) is 20.1. The second kappa shape index (κ2) is 8.41. The van der Waals surface area contributed by atoms with Crippen LogP contribution in [-0.4, -0.2) is 29.2 Å². The number of rotatable bonds is 7. The number of carbonyl (C=O) groups is 1. The fourth-order valence-corrected chi connectivity index (χ4v) is 3.07. The first-order chi connectivity index (χ1) is 12.5. The monoisotopic (exact) mass is 374 g/mol. The number of oxime groups is 1. The van der Waals surface area contributed by atoms with E-state index >= 15 is 0 Å². The number of furan rings is 1. The molecular formula is C20H23ClN2O3. The molecule has 1 atom stereocenters. The molecule has 0 saturated heterocycles. The molecule has 0 saturated carbocycles. The molecule has 2 aromatic rings. The van der Waals surface area contributed by atoms with E-state index in [1.165, 1.54) is 0 Å². The summed E-state index contributed by atoms with van der Waals surface area (Å²) in [6.45, 7) is 5.15. The van der Waals surface area contributed by atoms with E-state index in [2.05, 4.69) is 5.16 Å². The van der Waals surface area contributed by atoms with Crippen LogP contribution >= 0.6 is 11.6 Å². The third kappa shape index (κ3) is 4.88. The number of nitrogens with zero attached hydrogens (tertiary/aromatic N) is 2. The third-order valence-electron chi connectivity index (χ3n) is 4.17. The van der Waals surface area contributed by atoms with Crippen LogP contribution in [0.4, 0.5) is 0 Å². The molecular weight excluding hydrogens is 352 g/mol. The lowest BCUT2D eigenvalue weighted by molar-refractivity contribution is -0.134. The topological polar surface area (TPSA) is 55.0 Å². The highest BCUT2D eigenvalue weighted by molar-refractivity contribution is 6.29. The van der Waals surface area contributed by atoms with Crippen molar-refractivity contribution in [3.05, 3.63) is 59.0 Å². The van der Waals surface area contributed by atoms with Crippen molar-refractivity contribution in [3.8, 4) is 0 Å². The molecule has 5 nitrogen and oxygen atoms in total. The Labute approximate surface area is 158 Å². The van der Waals surface area contributed by atoms with Crippen LogP contribution in [0.2, 0.25) is 5.22 Å². The summed E-state index contributed by atoms with van der Waals surface area (Å²) in [7, 11) is 0. The summed E-state index contributed by atoms with van der Waals surface area (Å²) >= 11 is 5.82. The molecule has 2 heterocycles. The highest BCUT2D eigenvalue weighted by atomic mass is 35.5. The molecule has 26 heavy (non-hydrogen) atoms. The van der Waals surface area contributed by atoms with Crippen LogP contribution in [-0.2, 0) is 16.2 Å². The molecule has 1 aromatic carbocycles. The highest BCUT2D eigenvalue weighted by Gasteiger charge is 2.28. The minimum absolute atomic E-state index is 0.127. The van der Waals surface area contributed by atoms with Crippen molar-refractivity contribution in [2.75, 3.05) is 6.54 Å². The second-order valence-electron chi connectivity index (χ2n) is 6.93. The van der Waals surface area contributed by atoms with Crippen LogP contribution in [0.3, 0.4) is 0 Å². The summed E-state index contributed by atoms with van der Waals surface area (Å²) in [6.07, 6.45) is 0.916. The first-order valence-electron chi connectivity index (χ1n) is 8.81. The lowest BCUT2D eigenvalue weighted by Gasteiger charge is -2.25. The van der Waals surface area contributed by atoms with Gasteiger partial charge in [0.05, 0.1) is 6.54 Å². The third-order valence-corrected chi connectivity index (χ3v) is 4.37. The van der Waals surface area contributed by atoms with Gasteiger partial charge in [0.2, 0.25) is 5.91 Å². The normalized spacial score (nSPS) is 16.5. The maximum Gasteiger partial charge on any atom is 0.223 e. The van der Waals surface area contributed by atoms with E-state index < -0.39 is 0 Å². The molecule has 0 aliphatic carbocycles. The Kier molecular flexibility index (Phi) is 5.99. The number of hydrogen-bond donors (Lipinski definition) is 0. The number of benzene rings is 1. The van der Waals surface area contributed by atoms with E-state index in [1.54, 1.807) is 12.1 Å². The average molecular weight is 375 g/mol. The molecule has 0 radical (unpaired) electrons. The van der Waals surface area contributed by atoms with E-state index in [0.717, 1.165) is 11.3 Å². The molecule has 0 spiro atoms. The van der Waals surface area contributed by atoms with E-state index in [9.17, 15) is 4.79 Å². The predicted molar refractivity (Wildman–Crippen MR) is 101 cm³/mol. The molecule has 0 fully saturated rings. The molecule has 3 rings (SSSR count). The summed E-state index contributed by atoms with van der Waals surface area (Å²) in [6, 6.07) is 13.4. The van der Waals surface area contributed by atoms with Crippen LogP contribution in [0.5, 0.6) is 0 Å². The summed E-state index contributed by atoms with van der Waals surface area (Å²) in [5, 5.41) is 4.43. The highest BCUT2D eigenvalue weighted by Crippen LogP contribution is 2.22. The zero-order chi connectivity index (χ0) is 18.5. The molecule has 0 N–H and O–H groups in total. The van der Waals surface area contributed by atoms with E-state index in [4.69, 9.17) is 20.9 Å². The van der Waals surface area contributed by atoms with Gasteiger partial charge in [-0.15, -0.1) is 0 Å². The zero-order valence-electron chi connectivity index (χ0n) is 15.0. The Morgan fingerprint density at radius 2 is 2.04 bits per heavy atom. The van der Waals surface area contributed by atoms with Crippen molar-refractivity contribution in [1.29, 1.82) is 0 Å². The van der Waals surface area contributed by atoms with Crippen LogP contribution in [0.1, 0.15) is 38.0 Å². The number of carbonyl (C=O) groups excluding carboxylic acids is 1. The van der Waals surface area contributed by atoms with Gasteiger partial charge in [0.1, 0.15) is 5.71 Å². The number of halogens is 1. The standard InChI is InChI=1S/C20H23ClN2O3/c1-14(2)10-20(24)23(12-15-6-4-3-5-7-15)13-16-11-17(22-26-16)18-8-9-19(21)25-18/h3-9,14,16H,10-13H2,1-2H3/t16-/m1/s1. The van der Waals surface area contributed by atoms with Gasteiger partial charge in [-0.3, -0.25) is 4.79 Å². The van der Waals surface area contributed by atoms with E-state index in [1.807, 2.05) is 49.1 Å². The van der Waals surface area contributed by atoms with Gasteiger partial charge < -0.3 is 14.2 Å². The first kappa shape index (κ1) is 18.5. The molecule has 6 heteroatoms. The van der Waals surface area contributed by atoms with Crippen LogP contribution < -0.4 is 0 Å². The smallest absolute Gasteiger partial charge is 0.223 e. The Hall–Kier alpha value is -2.27. The van der Waals surface area contributed by atoms with Gasteiger partial charge in [-0.1, -0.05) is 49.3 Å². The summed E-state index contributed by atoms with van der Waals surface area (Å²) < 4.78 is 5.39. The summed E-state index contributed by atoms with van der Waals surface area (Å²) in [5.74, 6) is 1.05. The Morgan fingerprint density at radius 3 is 2.69 bits per heavy atom. The summed E-state index contributed by atoms with van der Waals surface area (Å²) in [5.41, 5.74) is 1.82. The van der Waals surface area contributed by atoms with Gasteiger partial charge in [-0.05, 0) is 35.2 Å². The molecule has 138 valence electrons. The van der Waals surface area contributed by atoms with Gasteiger partial charge >= 0.3 is 0 Å². The Bertz CT molecular complexity index is 770. The van der Waals surface area contributed by atoms with Gasteiger partial charge in [-0.25, -0.2) is 0 Å². The SMILES string of the molecule is CC(C)CC(=O)N(Cc1ccccc1)C[C@H]1CC(c2ccc(Cl)o2)=NO1. The minimum atomic E-state index is -0.186. The molecule has 1 aromatic heterocycles. The van der Waals surface area contributed by atoms with Crippen LogP contribution in [0.25, 0.3) is 0 Å². The second-order valence-corrected chi connectivity index (χ2v) is 7.30. The maximum atomic E-state index is 12.7. The van der Waals surface area contributed by atoms with Gasteiger partial charge in [-0.2, -0.15) is 0 Å². The van der Waals surface area contributed by atoms with Crippen molar-refractivity contribution < 1.29 is 14.0 Å². The quantitative estimate of drug-likeness (QED) is 0.716. The largest absolute Gasteiger partial charge is 0.443 e. The molecule has 1 aliphatic heterocycles. The van der Waals surface area contributed by atoms with Crippen molar-refractivity contribution in [3.63, 3.8) is 0 Å². The Morgan fingerprint density at radius 1 is 1.27 bits per heavy atom. The average Bonchev–Trinajstić information content (AvgIpc) is 3.23. The first-order valence-corrected chi connectivity index (χ1v) is 9.19. The van der Waals surface area contributed by atoms with Crippen LogP contribution in [0, 0.1) is 5.92 Å². The molecule has 0 unspecified atom stereocenters.